The van der Waals surface area contributed by atoms with Crippen LogP contribution in [0.25, 0.3) is 11.6 Å². The van der Waals surface area contributed by atoms with Gasteiger partial charge in [-0.15, -0.1) is 0 Å². The first-order valence-corrected chi connectivity index (χ1v) is 6.61. The summed E-state index contributed by atoms with van der Waals surface area (Å²) in [6.45, 7) is 0. The second-order valence-corrected chi connectivity index (χ2v) is 4.94. The molecule has 2 aromatic carbocycles. The standard InChI is InChI=1S/C16H11Cl2NO/c1-20-16-9-14(18)5-6-15(16)12(10-19)7-11-3-2-4-13(17)8-11/h2-9H,1H3. The highest BCUT2D eigenvalue weighted by Crippen LogP contribution is 2.30. The Morgan fingerprint density at radius 3 is 2.55 bits per heavy atom. The summed E-state index contributed by atoms with van der Waals surface area (Å²) < 4.78 is 5.27. The Hall–Kier alpha value is -1.95. The van der Waals surface area contributed by atoms with Crippen molar-refractivity contribution in [3.63, 3.8) is 0 Å². The molecule has 2 rings (SSSR count). The SMILES string of the molecule is COc1cc(Cl)ccc1C(C#N)=Cc1cccc(Cl)c1. The first kappa shape index (κ1) is 14.5. The molecule has 0 aliphatic carbocycles. The number of hydrogen-bond donors (Lipinski definition) is 0. The fraction of sp³-hybridized carbons (Fsp3) is 0.0625. The number of allylic oxidation sites excluding steroid dienone is 1. The highest BCUT2D eigenvalue weighted by molar-refractivity contribution is 6.31. The lowest BCUT2D eigenvalue weighted by Crippen LogP contribution is -1.90. The van der Waals surface area contributed by atoms with Gasteiger partial charge in [-0.25, -0.2) is 0 Å². The Kier molecular flexibility index (Phi) is 4.68. The van der Waals surface area contributed by atoms with Crippen LogP contribution in [0.5, 0.6) is 5.75 Å². The monoisotopic (exact) mass is 303 g/mol. The third kappa shape index (κ3) is 3.33. The van der Waals surface area contributed by atoms with Crippen molar-refractivity contribution in [3.8, 4) is 11.8 Å². The molecule has 100 valence electrons. The summed E-state index contributed by atoms with van der Waals surface area (Å²) in [5, 5.41) is 10.5. The third-order valence-electron chi connectivity index (χ3n) is 2.73. The average Bonchev–Trinajstić information content (AvgIpc) is 2.45. The van der Waals surface area contributed by atoms with Crippen LogP contribution in [0.3, 0.4) is 0 Å². The van der Waals surface area contributed by atoms with E-state index >= 15 is 0 Å². The van der Waals surface area contributed by atoms with Crippen molar-refractivity contribution >= 4 is 34.9 Å². The first-order valence-electron chi connectivity index (χ1n) is 5.85. The smallest absolute Gasteiger partial charge is 0.128 e. The summed E-state index contributed by atoms with van der Waals surface area (Å²) in [6, 6.07) is 14.6. The van der Waals surface area contributed by atoms with Gasteiger partial charge in [-0.3, -0.25) is 0 Å². The van der Waals surface area contributed by atoms with E-state index in [0.717, 1.165) is 5.56 Å². The van der Waals surface area contributed by atoms with Crippen LogP contribution in [0.1, 0.15) is 11.1 Å². The zero-order chi connectivity index (χ0) is 14.5. The van der Waals surface area contributed by atoms with E-state index in [1.807, 2.05) is 12.1 Å². The van der Waals surface area contributed by atoms with E-state index in [1.54, 1.807) is 43.5 Å². The van der Waals surface area contributed by atoms with E-state index < -0.39 is 0 Å². The van der Waals surface area contributed by atoms with Crippen molar-refractivity contribution in [1.82, 2.24) is 0 Å². The van der Waals surface area contributed by atoms with Crippen molar-refractivity contribution in [2.75, 3.05) is 7.11 Å². The zero-order valence-electron chi connectivity index (χ0n) is 10.7. The Morgan fingerprint density at radius 2 is 1.90 bits per heavy atom. The van der Waals surface area contributed by atoms with Crippen LogP contribution in [0, 0.1) is 11.3 Å². The van der Waals surface area contributed by atoms with Crippen LogP contribution >= 0.6 is 23.2 Å². The molecule has 0 aliphatic heterocycles. The summed E-state index contributed by atoms with van der Waals surface area (Å²) in [5.41, 5.74) is 2.03. The van der Waals surface area contributed by atoms with Crippen LogP contribution in [0.4, 0.5) is 0 Å². The topological polar surface area (TPSA) is 33.0 Å². The molecule has 0 heterocycles. The van der Waals surface area contributed by atoms with Crippen molar-refractivity contribution in [2.24, 2.45) is 0 Å². The highest BCUT2D eigenvalue weighted by atomic mass is 35.5. The van der Waals surface area contributed by atoms with Gasteiger partial charge in [0.15, 0.2) is 0 Å². The Balaban J connectivity index is 2.51. The zero-order valence-corrected chi connectivity index (χ0v) is 12.2. The molecule has 20 heavy (non-hydrogen) atoms. The van der Waals surface area contributed by atoms with E-state index in [2.05, 4.69) is 6.07 Å². The van der Waals surface area contributed by atoms with Crippen LogP contribution in [-0.4, -0.2) is 7.11 Å². The Labute approximate surface area is 127 Å². The van der Waals surface area contributed by atoms with Gasteiger partial charge in [0.2, 0.25) is 0 Å². The van der Waals surface area contributed by atoms with Gasteiger partial charge in [0.25, 0.3) is 0 Å². The molecule has 0 saturated heterocycles. The molecule has 0 spiro atoms. The third-order valence-corrected chi connectivity index (χ3v) is 3.20. The summed E-state index contributed by atoms with van der Waals surface area (Å²) in [4.78, 5) is 0. The van der Waals surface area contributed by atoms with Crippen molar-refractivity contribution in [3.05, 3.63) is 63.6 Å². The van der Waals surface area contributed by atoms with Gasteiger partial charge >= 0.3 is 0 Å². The maximum Gasteiger partial charge on any atom is 0.128 e. The molecule has 0 N–H and O–H groups in total. The molecular formula is C16H11Cl2NO. The molecule has 2 aromatic rings. The number of rotatable bonds is 3. The van der Waals surface area contributed by atoms with E-state index in [-0.39, 0.29) is 0 Å². The summed E-state index contributed by atoms with van der Waals surface area (Å²) in [7, 11) is 1.55. The molecule has 0 fully saturated rings. The minimum atomic E-state index is 0.487. The molecule has 0 aromatic heterocycles. The van der Waals surface area contributed by atoms with Crippen LogP contribution in [-0.2, 0) is 0 Å². The molecule has 0 aliphatic rings. The largest absolute Gasteiger partial charge is 0.496 e. The van der Waals surface area contributed by atoms with Gasteiger partial charge in [-0.1, -0.05) is 35.3 Å². The number of methoxy groups -OCH3 is 1. The molecule has 4 heteroatoms. The van der Waals surface area contributed by atoms with Crippen molar-refractivity contribution < 1.29 is 4.74 Å². The van der Waals surface area contributed by atoms with E-state index in [1.165, 1.54) is 0 Å². The van der Waals surface area contributed by atoms with Gasteiger partial charge in [0.05, 0.1) is 18.8 Å². The second-order valence-electron chi connectivity index (χ2n) is 4.07. The fourth-order valence-electron chi connectivity index (χ4n) is 1.82. The van der Waals surface area contributed by atoms with Gasteiger partial charge in [0, 0.05) is 15.6 Å². The summed E-state index contributed by atoms with van der Waals surface area (Å²) >= 11 is 11.9. The lowest BCUT2D eigenvalue weighted by molar-refractivity contribution is 0.413. The van der Waals surface area contributed by atoms with Gasteiger partial charge in [-0.05, 0) is 42.0 Å². The minimum absolute atomic E-state index is 0.487. The van der Waals surface area contributed by atoms with Gasteiger partial charge < -0.3 is 4.74 Å². The molecule has 2 nitrogen and oxygen atoms in total. The fourth-order valence-corrected chi connectivity index (χ4v) is 2.18. The number of nitriles is 1. The molecular weight excluding hydrogens is 293 g/mol. The van der Waals surface area contributed by atoms with Gasteiger partial charge in [-0.2, -0.15) is 5.26 Å². The minimum Gasteiger partial charge on any atom is -0.496 e. The highest BCUT2D eigenvalue weighted by Gasteiger charge is 2.09. The summed E-state index contributed by atoms with van der Waals surface area (Å²) in [5.74, 6) is 0.562. The molecule has 0 unspecified atom stereocenters. The Bertz CT molecular complexity index is 702. The molecule has 0 amide bonds. The lowest BCUT2D eigenvalue weighted by atomic mass is 10.0. The number of benzene rings is 2. The average molecular weight is 304 g/mol. The normalized spacial score (nSPS) is 11.0. The molecule has 0 bridgehead atoms. The van der Waals surface area contributed by atoms with Crippen LogP contribution in [0.2, 0.25) is 10.0 Å². The van der Waals surface area contributed by atoms with Crippen LogP contribution < -0.4 is 4.74 Å². The number of ether oxygens (including phenoxy) is 1. The Morgan fingerprint density at radius 1 is 1.15 bits per heavy atom. The van der Waals surface area contributed by atoms with Crippen molar-refractivity contribution in [1.29, 1.82) is 5.26 Å². The quantitative estimate of drug-likeness (QED) is 0.586. The lowest BCUT2D eigenvalue weighted by Gasteiger charge is -2.08. The van der Waals surface area contributed by atoms with Crippen molar-refractivity contribution in [2.45, 2.75) is 0 Å². The van der Waals surface area contributed by atoms with E-state index in [0.29, 0.717) is 26.9 Å². The predicted molar refractivity (Wildman–Crippen MR) is 82.9 cm³/mol. The molecule has 0 saturated carbocycles. The number of halogens is 2. The molecule has 0 radical (unpaired) electrons. The van der Waals surface area contributed by atoms with Gasteiger partial charge in [0.1, 0.15) is 5.75 Å². The van der Waals surface area contributed by atoms with E-state index in [4.69, 9.17) is 27.9 Å². The first-order chi connectivity index (χ1) is 9.63. The number of hydrogen-bond acceptors (Lipinski definition) is 2. The van der Waals surface area contributed by atoms with E-state index in [9.17, 15) is 5.26 Å². The number of nitrogens with zero attached hydrogens (tertiary/aromatic N) is 1. The predicted octanol–water partition coefficient (Wildman–Crippen LogP) is 5.07. The maximum absolute atomic E-state index is 9.36. The van der Waals surface area contributed by atoms with Crippen LogP contribution in [0.15, 0.2) is 42.5 Å². The maximum atomic E-state index is 9.36. The summed E-state index contributed by atoms with van der Waals surface area (Å²) in [6.07, 6.45) is 1.76. The second kappa shape index (κ2) is 6.47. The molecule has 0 atom stereocenters.